The number of aldehydes is 1. The Morgan fingerprint density at radius 2 is 2.12 bits per heavy atom. The third kappa shape index (κ3) is 3.07. The number of nitrogens with zero attached hydrogens (tertiary/aromatic N) is 1. The minimum Gasteiger partial charge on any atom is -0.492 e. The molecule has 0 atom stereocenters. The maximum atomic E-state index is 10.6. The summed E-state index contributed by atoms with van der Waals surface area (Å²) >= 11 is 0. The lowest BCUT2D eigenvalue weighted by Gasteiger charge is -2.14. The molecule has 16 heavy (non-hydrogen) atoms. The molecule has 3 nitrogen and oxygen atoms in total. The average molecular weight is 219 g/mol. The highest BCUT2D eigenvalue weighted by Crippen LogP contribution is 2.12. The number of hydrogen-bond acceptors (Lipinski definition) is 3. The van der Waals surface area contributed by atoms with E-state index in [1.807, 2.05) is 12.1 Å². The molecule has 1 aromatic carbocycles. The molecule has 1 saturated heterocycles. The minimum absolute atomic E-state index is 0.665. The van der Waals surface area contributed by atoms with Gasteiger partial charge in [0.05, 0.1) is 0 Å². The zero-order valence-corrected chi connectivity index (χ0v) is 9.39. The van der Waals surface area contributed by atoms with Gasteiger partial charge in [-0.1, -0.05) is 12.1 Å². The lowest BCUT2D eigenvalue weighted by Crippen LogP contribution is -2.25. The maximum Gasteiger partial charge on any atom is 0.150 e. The Hall–Kier alpha value is -1.35. The molecule has 3 heteroatoms. The van der Waals surface area contributed by atoms with Crippen LogP contribution in [0.4, 0.5) is 0 Å². The second-order valence-electron chi connectivity index (χ2n) is 4.09. The Morgan fingerprint density at radius 1 is 1.31 bits per heavy atom. The third-order valence-electron chi connectivity index (χ3n) is 2.87. The number of hydrogen-bond donors (Lipinski definition) is 0. The van der Waals surface area contributed by atoms with Gasteiger partial charge in [0, 0.05) is 12.1 Å². The summed E-state index contributed by atoms with van der Waals surface area (Å²) in [4.78, 5) is 13.0. The summed E-state index contributed by atoms with van der Waals surface area (Å²) in [7, 11) is 0. The van der Waals surface area contributed by atoms with Crippen LogP contribution in [0.5, 0.6) is 5.75 Å². The first kappa shape index (κ1) is 11.1. The summed E-state index contributed by atoms with van der Waals surface area (Å²) in [5, 5.41) is 0. The fourth-order valence-corrected chi connectivity index (χ4v) is 1.98. The third-order valence-corrected chi connectivity index (χ3v) is 2.87. The zero-order chi connectivity index (χ0) is 11.2. The summed E-state index contributed by atoms with van der Waals surface area (Å²) in [6.07, 6.45) is 3.45. The largest absolute Gasteiger partial charge is 0.492 e. The monoisotopic (exact) mass is 219 g/mol. The molecule has 1 heterocycles. The summed E-state index contributed by atoms with van der Waals surface area (Å²) in [6, 6.07) is 7.28. The first-order valence-electron chi connectivity index (χ1n) is 5.79. The van der Waals surface area contributed by atoms with Gasteiger partial charge < -0.3 is 4.74 Å². The topological polar surface area (TPSA) is 29.5 Å². The van der Waals surface area contributed by atoms with Crippen LogP contribution in [0.25, 0.3) is 0 Å². The van der Waals surface area contributed by atoms with Crippen molar-refractivity contribution < 1.29 is 9.53 Å². The molecule has 86 valence electrons. The second-order valence-corrected chi connectivity index (χ2v) is 4.09. The van der Waals surface area contributed by atoms with Crippen LogP contribution >= 0.6 is 0 Å². The maximum absolute atomic E-state index is 10.6. The Labute approximate surface area is 96.0 Å². The molecule has 0 bridgehead atoms. The number of benzene rings is 1. The van der Waals surface area contributed by atoms with Gasteiger partial charge >= 0.3 is 0 Å². The summed E-state index contributed by atoms with van der Waals surface area (Å²) in [6.45, 7) is 4.06. The molecule has 0 aliphatic carbocycles. The van der Waals surface area contributed by atoms with Crippen molar-refractivity contribution in [3.05, 3.63) is 29.8 Å². The van der Waals surface area contributed by atoms with E-state index in [9.17, 15) is 4.79 Å². The summed E-state index contributed by atoms with van der Waals surface area (Å²) in [5.41, 5.74) is 0.665. The van der Waals surface area contributed by atoms with Gasteiger partial charge in [-0.05, 0) is 38.1 Å². The van der Waals surface area contributed by atoms with Gasteiger partial charge in [0.15, 0.2) is 0 Å². The van der Waals surface area contributed by atoms with E-state index in [0.29, 0.717) is 12.2 Å². The van der Waals surface area contributed by atoms with Crippen LogP contribution in [0, 0.1) is 0 Å². The molecule has 2 rings (SSSR count). The van der Waals surface area contributed by atoms with Crippen LogP contribution in [-0.4, -0.2) is 37.4 Å². The predicted octanol–water partition coefficient (Wildman–Crippen LogP) is 1.97. The fraction of sp³-hybridized carbons (Fsp3) is 0.462. The van der Waals surface area contributed by atoms with Crippen molar-refractivity contribution in [2.45, 2.75) is 12.8 Å². The van der Waals surface area contributed by atoms with Crippen molar-refractivity contribution in [1.29, 1.82) is 0 Å². The molecule has 1 aliphatic rings. The van der Waals surface area contributed by atoms with E-state index in [0.717, 1.165) is 18.6 Å². The van der Waals surface area contributed by atoms with Crippen LogP contribution in [0.3, 0.4) is 0 Å². The summed E-state index contributed by atoms with van der Waals surface area (Å²) < 4.78 is 5.61. The number of likely N-dealkylation sites (tertiary alicyclic amines) is 1. The molecule has 1 fully saturated rings. The van der Waals surface area contributed by atoms with Gasteiger partial charge in [0.2, 0.25) is 0 Å². The molecule has 0 spiro atoms. The first-order valence-corrected chi connectivity index (χ1v) is 5.79. The van der Waals surface area contributed by atoms with Crippen molar-refractivity contribution in [3.8, 4) is 5.75 Å². The van der Waals surface area contributed by atoms with Crippen LogP contribution in [0.2, 0.25) is 0 Å². The highest BCUT2D eigenvalue weighted by atomic mass is 16.5. The van der Waals surface area contributed by atoms with E-state index in [1.54, 1.807) is 12.1 Å². The number of ether oxygens (including phenoxy) is 1. The Bertz CT molecular complexity index is 346. The molecule has 0 unspecified atom stereocenters. The van der Waals surface area contributed by atoms with E-state index < -0.39 is 0 Å². The number of carbonyl (C=O) groups excluding carboxylic acids is 1. The van der Waals surface area contributed by atoms with Gasteiger partial charge in [-0.25, -0.2) is 0 Å². The SMILES string of the molecule is O=Cc1cccc(OCCN2CCCC2)c1. The van der Waals surface area contributed by atoms with E-state index >= 15 is 0 Å². The molecule has 1 aromatic rings. The van der Waals surface area contributed by atoms with E-state index in [-0.39, 0.29) is 0 Å². The van der Waals surface area contributed by atoms with Gasteiger partial charge in [-0.15, -0.1) is 0 Å². The molecule has 0 N–H and O–H groups in total. The van der Waals surface area contributed by atoms with E-state index in [4.69, 9.17) is 4.74 Å². The number of rotatable bonds is 5. The Morgan fingerprint density at radius 3 is 2.88 bits per heavy atom. The lowest BCUT2D eigenvalue weighted by atomic mass is 10.2. The fourth-order valence-electron chi connectivity index (χ4n) is 1.98. The lowest BCUT2D eigenvalue weighted by molar-refractivity contribution is 0.112. The molecule has 0 saturated carbocycles. The van der Waals surface area contributed by atoms with Crippen LogP contribution in [-0.2, 0) is 0 Å². The van der Waals surface area contributed by atoms with E-state index in [1.165, 1.54) is 25.9 Å². The Kier molecular flexibility index (Phi) is 3.94. The van der Waals surface area contributed by atoms with Gasteiger partial charge in [0.1, 0.15) is 18.6 Å². The van der Waals surface area contributed by atoms with Gasteiger partial charge in [0.25, 0.3) is 0 Å². The smallest absolute Gasteiger partial charge is 0.150 e. The predicted molar refractivity (Wildman–Crippen MR) is 63.0 cm³/mol. The number of carbonyl (C=O) groups is 1. The van der Waals surface area contributed by atoms with Crippen molar-refractivity contribution in [1.82, 2.24) is 4.90 Å². The quantitative estimate of drug-likeness (QED) is 0.709. The highest BCUT2D eigenvalue weighted by Gasteiger charge is 2.10. The van der Waals surface area contributed by atoms with Crippen LogP contribution in [0.15, 0.2) is 24.3 Å². The van der Waals surface area contributed by atoms with Crippen molar-refractivity contribution in [2.24, 2.45) is 0 Å². The molecule has 0 amide bonds. The van der Waals surface area contributed by atoms with Crippen molar-refractivity contribution in [2.75, 3.05) is 26.2 Å². The molecule has 0 aromatic heterocycles. The zero-order valence-electron chi connectivity index (χ0n) is 9.39. The van der Waals surface area contributed by atoms with Crippen LogP contribution < -0.4 is 4.74 Å². The minimum atomic E-state index is 0.665. The molecule has 1 aliphatic heterocycles. The Balaban J connectivity index is 1.77. The normalized spacial score (nSPS) is 16.2. The van der Waals surface area contributed by atoms with Gasteiger partial charge in [-0.2, -0.15) is 0 Å². The first-order chi connectivity index (χ1) is 7.88. The summed E-state index contributed by atoms with van der Waals surface area (Å²) in [5.74, 6) is 0.781. The average Bonchev–Trinajstić information content (AvgIpc) is 2.82. The van der Waals surface area contributed by atoms with E-state index in [2.05, 4.69) is 4.90 Å². The molecular weight excluding hydrogens is 202 g/mol. The second kappa shape index (κ2) is 5.66. The molecular formula is C13H17NO2. The van der Waals surface area contributed by atoms with Gasteiger partial charge in [-0.3, -0.25) is 9.69 Å². The van der Waals surface area contributed by atoms with Crippen LogP contribution in [0.1, 0.15) is 23.2 Å². The standard InChI is InChI=1S/C13H17NO2/c15-11-12-4-3-5-13(10-12)16-9-8-14-6-1-2-7-14/h3-5,10-11H,1-2,6-9H2. The van der Waals surface area contributed by atoms with Crippen molar-refractivity contribution in [3.63, 3.8) is 0 Å². The molecule has 0 radical (unpaired) electrons. The van der Waals surface area contributed by atoms with Crippen molar-refractivity contribution >= 4 is 6.29 Å². The highest BCUT2D eigenvalue weighted by molar-refractivity contribution is 5.75.